The van der Waals surface area contributed by atoms with Gasteiger partial charge in [-0.25, -0.2) is 9.59 Å². The van der Waals surface area contributed by atoms with E-state index < -0.39 is 11.7 Å². The van der Waals surface area contributed by atoms with E-state index in [1.54, 1.807) is 17.8 Å². The Hall–Kier alpha value is -2.49. The summed E-state index contributed by atoms with van der Waals surface area (Å²) in [6, 6.07) is 5.91. The summed E-state index contributed by atoms with van der Waals surface area (Å²) in [7, 11) is 1.75. The Morgan fingerprint density at radius 2 is 1.96 bits per heavy atom. The quantitative estimate of drug-likeness (QED) is 0.496. The third kappa shape index (κ3) is 4.18. The largest absolute Gasteiger partial charge is 1.00 e. The molecule has 3 rings (SSSR count). The Balaban J connectivity index is 0.00000182. The van der Waals surface area contributed by atoms with Crippen molar-refractivity contribution in [2.75, 3.05) is 5.32 Å². The average Bonchev–Trinajstić information content (AvgIpc) is 3.02. The van der Waals surface area contributed by atoms with E-state index in [-0.39, 0.29) is 48.9 Å². The third-order valence-electron chi connectivity index (χ3n) is 3.71. The molecule has 2 aromatic heterocycles. The number of aryl methyl sites for hydroxylation is 2. The minimum Gasteiger partial charge on any atom is -1.00 e. The van der Waals surface area contributed by atoms with E-state index in [0.29, 0.717) is 17.8 Å². The molecule has 0 aliphatic heterocycles. The van der Waals surface area contributed by atoms with Crippen LogP contribution in [-0.4, -0.2) is 36.1 Å². The monoisotopic (exact) mass is 365 g/mol. The number of carboxylic acid groups (broad SMARTS) is 1. The third-order valence-corrected chi connectivity index (χ3v) is 3.71. The summed E-state index contributed by atoms with van der Waals surface area (Å²) < 4.78 is 2.87. The smallest absolute Gasteiger partial charge is 1.00 e. The molecule has 26 heavy (non-hydrogen) atoms. The maximum atomic E-state index is 12.1. The summed E-state index contributed by atoms with van der Waals surface area (Å²) in [6.07, 6.45) is 3.55. The van der Waals surface area contributed by atoms with Crippen LogP contribution < -0.4 is 40.6 Å². The van der Waals surface area contributed by atoms with E-state index in [1.165, 1.54) is 35.1 Å². The molecule has 2 heterocycles. The molecular formula is C16H16N5NaO4. The summed E-state index contributed by atoms with van der Waals surface area (Å²) in [4.78, 5) is 38.2. The van der Waals surface area contributed by atoms with Crippen molar-refractivity contribution in [2.24, 2.45) is 7.05 Å². The molecular weight excluding hydrogens is 349 g/mol. The zero-order valence-corrected chi connectivity index (χ0v) is 16.3. The molecule has 0 fully saturated rings. The molecule has 1 aromatic carbocycles. The molecule has 0 radical (unpaired) electrons. The second-order valence-corrected chi connectivity index (χ2v) is 5.47. The molecule has 0 saturated carbocycles. The van der Waals surface area contributed by atoms with Crippen molar-refractivity contribution in [3.63, 3.8) is 0 Å². The Labute approximate surface area is 171 Å². The Morgan fingerprint density at radius 3 is 2.62 bits per heavy atom. The minimum absolute atomic E-state index is 0. The molecule has 2 N–H and O–H groups in total. The van der Waals surface area contributed by atoms with Gasteiger partial charge in [0.2, 0.25) is 5.91 Å². The standard InChI is InChI=1S/C16H15N5O4.Na.H/c1-20-9-17-16(25)21-14(20)11(8-18-21)4-7-13(22)19-12-5-2-10(3-6-12)15(23)24;;/h2-3,5-6,8-9H,4,7H2,1H3,(H,19,22)(H,23,24);;/q;+1;-1. The van der Waals surface area contributed by atoms with E-state index >= 15 is 0 Å². The molecule has 9 nitrogen and oxygen atoms in total. The van der Waals surface area contributed by atoms with Crippen molar-refractivity contribution in [3.05, 3.63) is 58.4 Å². The number of anilines is 1. The molecule has 1 amide bonds. The van der Waals surface area contributed by atoms with Crippen molar-refractivity contribution >= 4 is 23.2 Å². The van der Waals surface area contributed by atoms with Gasteiger partial charge in [0.15, 0.2) is 0 Å². The minimum atomic E-state index is -1.02. The van der Waals surface area contributed by atoms with Crippen LogP contribution in [0.1, 0.15) is 23.8 Å². The first-order chi connectivity index (χ1) is 12.0. The van der Waals surface area contributed by atoms with Gasteiger partial charge in [-0.2, -0.15) is 14.6 Å². The van der Waals surface area contributed by atoms with E-state index in [1.807, 2.05) is 0 Å². The normalized spacial score (nSPS) is 10.3. The molecule has 0 spiro atoms. The summed E-state index contributed by atoms with van der Waals surface area (Å²) in [5.74, 6) is -1.24. The number of benzene rings is 1. The molecule has 0 atom stereocenters. The van der Waals surface area contributed by atoms with Crippen molar-refractivity contribution in [2.45, 2.75) is 12.8 Å². The van der Waals surface area contributed by atoms with Gasteiger partial charge < -0.3 is 16.4 Å². The van der Waals surface area contributed by atoms with Crippen molar-refractivity contribution in [1.82, 2.24) is 19.2 Å². The number of carbonyl (C=O) groups is 2. The van der Waals surface area contributed by atoms with E-state index in [2.05, 4.69) is 15.4 Å². The Bertz CT molecular complexity index is 1020. The maximum Gasteiger partial charge on any atom is 1.00 e. The fourth-order valence-electron chi connectivity index (χ4n) is 2.48. The van der Waals surface area contributed by atoms with Crippen LogP contribution in [0.25, 0.3) is 5.65 Å². The van der Waals surface area contributed by atoms with Crippen molar-refractivity contribution in [3.8, 4) is 0 Å². The van der Waals surface area contributed by atoms with Gasteiger partial charge in [0, 0.05) is 24.7 Å². The molecule has 0 bridgehead atoms. The number of hydrogen-bond donors (Lipinski definition) is 2. The van der Waals surface area contributed by atoms with Crippen LogP contribution in [0.4, 0.5) is 5.69 Å². The fraction of sp³-hybridized carbons (Fsp3) is 0.188. The first kappa shape index (κ1) is 19.8. The van der Waals surface area contributed by atoms with E-state index in [0.717, 1.165) is 5.56 Å². The number of rotatable bonds is 5. The zero-order valence-electron chi connectivity index (χ0n) is 15.3. The van der Waals surface area contributed by atoms with E-state index in [4.69, 9.17) is 5.11 Å². The van der Waals surface area contributed by atoms with Gasteiger partial charge in [0.05, 0.1) is 11.8 Å². The predicted octanol–water partition coefficient (Wildman–Crippen LogP) is -2.19. The first-order valence-electron chi connectivity index (χ1n) is 7.47. The van der Waals surface area contributed by atoms with Crippen molar-refractivity contribution in [1.29, 1.82) is 0 Å². The fourth-order valence-corrected chi connectivity index (χ4v) is 2.48. The number of fused-ring (bicyclic) bond motifs is 1. The number of amides is 1. The van der Waals surface area contributed by atoms with Crippen molar-refractivity contribution < 1.29 is 45.7 Å². The van der Waals surface area contributed by atoms with Gasteiger partial charge in [-0.3, -0.25) is 4.79 Å². The Morgan fingerprint density at radius 1 is 1.27 bits per heavy atom. The SMILES string of the molecule is Cn1cnc(=O)n2ncc(CCC(=O)Nc3ccc(C(=O)O)cc3)c12.[H-].[Na+]. The van der Waals surface area contributed by atoms with Crippen LogP contribution in [0.2, 0.25) is 0 Å². The molecule has 0 unspecified atom stereocenters. The summed E-state index contributed by atoms with van der Waals surface area (Å²) >= 11 is 0. The second-order valence-electron chi connectivity index (χ2n) is 5.47. The first-order valence-corrected chi connectivity index (χ1v) is 7.47. The molecule has 3 aromatic rings. The van der Waals surface area contributed by atoms with Gasteiger partial charge in [-0.05, 0) is 30.7 Å². The van der Waals surface area contributed by atoms with Gasteiger partial charge >= 0.3 is 41.2 Å². The molecule has 0 aliphatic carbocycles. The molecule has 0 aliphatic rings. The number of aromatic carboxylic acids is 1. The summed E-state index contributed by atoms with van der Waals surface area (Å²) in [6.45, 7) is 0. The topological polar surface area (TPSA) is 119 Å². The molecule has 10 heteroatoms. The van der Waals surface area contributed by atoms with Gasteiger partial charge in [0.1, 0.15) is 12.0 Å². The van der Waals surface area contributed by atoms with Crippen LogP contribution in [0.3, 0.4) is 0 Å². The maximum absolute atomic E-state index is 12.1. The number of nitrogens with zero attached hydrogens (tertiary/aromatic N) is 4. The van der Waals surface area contributed by atoms with Gasteiger partial charge in [0.25, 0.3) is 0 Å². The molecule has 0 saturated heterocycles. The summed E-state index contributed by atoms with van der Waals surface area (Å²) in [5.41, 5.74) is 1.56. The van der Waals surface area contributed by atoms with Crippen LogP contribution >= 0.6 is 0 Å². The van der Waals surface area contributed by atoms with Crippen LogP contribution in [0, 0.1) is 0 Å². The second kappa shape index (κ2) is 8.26. The number of carboxylic acids is 1. The predicted molar refractivity (Wildman–Crippen MR) is 89.7 cm³/mol. The Kier molecular flexibility index (Phi) is 6.30. The van der Waals surface area contributed by atoms with Crippen LogP contribution in [-0.2, 0) is 18.3 Å². The van der Waals surface area contributed by atoms with E-state index in [9.17, 15) is 14.4 Å². The van der Waals surface area contributed by atoms with Crippen LogP contribution in [0.5, 0.6) is 0 Å². The van der Waals surface area contributed by atoms with Gasteiger partial charge in [-0.15, -0.1) is 0 Å². The number of aromatic nitrogens is 4. The zero-order chi connectivity index (χ0) is 18.0. The van der Waals surface area contributed by atoms with Crippen LogP contribution in [0.15, 0.2) is 41.6 Å². The number of hydrogen-bond acceptors (Lipinski definition) is 5. The molecule has 130 valence electrons. The summed E-state index contributed by atoms with van der Waals surface area (Å²) in [5, 5.41) is 15.6. The number of carbonyl (C=O) groups excluding carboxylic acids is 1. The van der Waals surface area contributed by atoms with Gasteiger partial charge in [-0.1, -0.05) is 0 Å². The number of nitrogens with one attached hydrogen (secondary N) is 1. The average molecular weight is 365 g/mol.